The van der Waals surface area contributed by atoms with E-state index in [-0.39, 0.29) is 11.5 Å². The van der Waals surface area contributed by atoms with E-state index in [4.69, 9.17) is 14.6 Å². The summed E-state index contributed by atoms with van der Waals surface area (Å²) in [6.45, 7) is 5.04. The van der Waals surface area contributed by atoms with Gasteiger partial charge < -0.3 is 19.3 Å². The summed E-state index contributed by atoms with van der Waals surface area (Å²) >= 11 is 0. The predicted octanol–water partition coefficient (Wildman–Crippen LogP) is 2.56. The molecule has 8 nitrogen and oxygen atoms in total. The molecule has 0 unspecified atom stereocenters. The maximum atomic E-state index is 12.7. The monoisotopic (exact) mass is 468 g/mol. The molecule has 1 spiro atoms. The van der Waals surface area contributed by atoms with Gasteiger partial charge in [-0.15, -0.1) is 0 Å². The van der Waals surface area contributed by atoms with Crippen LogP contribution in [0.5, 0.6) is 0 Å². The summed E-state index contributed by atoms with van der Waals surface area (Å²) in [5, 5.41) is 7.12. The number of aromatic nitrogens is 2. The molecular weight excluding hydrogens is 441 g/mol. The van der Waals surface area contributed by atoms with Gasteiger partial charge in [-0.05, 0) is 36.6 Å². The number of ether oxygens (including phenoxy) is 1. The second-order valence-electron chi connectivity index (χ2n) is 8.20. The van der Waals surface area contributed by atoms with Crippen molar-refractivity contribution in [3.05, 3.63) is 54.1 Å². The van der Waals surface area contributed by atoms with Gasteiger partial charge in [-0.2, -0.15) is 13.2 Å². The minimum absolute atomic E-state index is 0.120. The molecule has 2 aromatic rings. The first kappa shape index (κ1) is 24.7. The Morgan fingerprint density at radius 2 is 1.88 bits per heavy atom. The van der Waals surface area contributed by atoms with Gasteiger partial charge in [0, 0.05) is 58.4 Å². The van der Waals surface area contributed by atoms with Crippen LogP contribution in [0.15, 0.2) is 42.9 Å². The van der Waals surface area contributed by atoms with Crippen LogP contribution in [0.4, 0.5) is 13.2 Å². The Bertz CT molecular complexity index is 941. The molecule has 4 heterocycles. The lowest BCUT2D eigenvalue weighted by Gasteiger charge is -2.47. The summed E-state index contributed by atoms with van der Waals surface area (Å²) in [6, 6.07) is 7.91. The summed E-state index contributed by atoms with van der Waals surface area (Å²) in [6.07, 6.45) is 2.37. The van der Waals surface area contributed by atoms with Gasteiger partial charge in [0.05, 0.1) is 12.2 Å². The number of alkyl halides is 3. The number of carbonyl (C=O) groups excluding carboxylic acids is 1. The number of hydrogen-bond acceptors (Lipinski definition) is 5. The quantitative estimate of drug-likeness (QED) is 0.745. The van der Waals surface area contributed by atoms with Gasteiger partial charge in [0.25, 0.3) is 5.91 Å². The fourth-order valence-corrected chi connectivity index (χ4v) is 4.07. The van der Waals surface area contributed by atoms with E-state index in [2.05, 4.69) is 16.0 Å². The number of carboxylic acids is 1. The van der Waals surface area contributed by atoms with Crippen LogP contribution in [0.25, 0.3) is 0 Å². The number of hydrogen-bond donors (Lipinski definition) is 1. The molecule has 0 aliphatic carbocycles. The van der Waals surface area contributed by atoms with Crippen molar-refractivity contribution < 1.29 is 32.6 Å². The van der Waals surface area contributed by atoms with Gasteiger partial charge in [-0.25, -0.2) is 4.79 Å². The van der Waals surface area contributed by atoms with Crippen molar-refractivity contribution in [3.8, 4) is 0 Å². The number of morpholine rings is 1. The molecule has 2 aliphatic rings. The van der Waals surface area contributed by atoms with Crippen LogP contribution in [0.1, 0.15) is 28.9 Å². The molecule has 2 fully saturated rings. The molecular formula is C22H27F3N4O4. The molecule has 11 heteroatoms. The summed E-state index contributed by atoms with van der Waals surface area (Å²) in [5.41, 5.74) is 1.87. The summed E-state index contributed by atoms with van der Waals surface area (Å²) in [5.74, 6) is -2.64. The zero-order chi connectivity index (χ0) is 24.1. The van der Waals surface area contributed by atoms with Gasteiger partial charge in [0.15, 0.2) is 0 Å². The number of pyridine rings is 1. The van der Waals surface area contributed by atoms with Crippen molar-refractivity contribution in [2.45, 2.75) is 31.2 Å². The molecule has 0 bridgehead atoms. The Balaban J connectivity index is 0.000000383. The molecule has 0 saturated carbocycles. The number of nitrogens with zero attached hydrogens (tertiary/aromatic N) is 4. The van der Waals surface area contributed by atoms with Crippen LogP contribution < -0.4 is 0 Å². The number of aryl methyl sites for hydroxylation is 1. The number of carboxylic acid groups (broad SMARTS) is 1. The second kappa shape index (κ2) is 10.3. The number of amides is 1. The molecule has 33 heavy (non-hydrogen) atoms. The van der Waals surface area contributed by atoms with Gasteiger partial charge in [-0.1, -0.05) is 6.07 Å². The number of aliphatic carboxylic acids is 1. The van der Waals surface area contributed by atoms with Gasteiger partial charge in [-0.3, -0.25) is 14.7 Å². The maximum Gasteiger partial charge on any atom is 0.490 e. The van der Waals surface area contributed by atoms with Crippen molar-refractivity contribution in [2.24, 2.45) is 7.05 Å². The van der Waals surface area contributed by atoms with E-state index in [9.17, 15) is 18.0 Å². The minimum atomic E-state index is -5.08. The topological polar surface area (TPSA) is 87.9 Å². The van der Waals surface area contributed by atoms with E-state index in [0.29, 0.717) is 0 Å². The third kappa shape index (κ3) is 6.55. The zero-order valence-electron chi connectivity index (χ0n) is 18.3. The zero-order valence-corrected chi connectivity index (χ0v) is 18.3. The normalized spacial score (nSPS) is 18.5. The van der Waals surface area contributed by atoms with Crippen LogP contribution in [0, 0.1) is 0 Å². The molecule has 0 aromatic carbocycles. The molecule has 2 aliphatic heterocycles. The highest BCUT2D eigenvalue weighted by Crippen LogP contribution is 2.31. The molecule has 0 atom stereocenters. The number of piperidine rings is 1. The Labute approximate surface area is 189 Å². The molecule has 2 aromatic heterocycles. The SMILES string of the molecule is Cn1cccc1C(=O)N1CCC2(CC1)CN(Cc1cccnc1)CCO2.O=C(O)C(F)(F)F. The Kier molecular flexibility index (Phi) is 7.75. The van der Waals surface area contributed by atoms with Gasteiger partial charge >= 0.3 is 12.1 Å². The molecule has 0 radical (unpaired) electrons. The number of rotatable bonds is 3. The molecule has 4 rings (SSSR count). The molecule has 1 N–H and O–H groups in total. The lowest BCUT2D eigenvalue weighted by atomic mass is 9.89. The third-order valence-electron chi connectivity index (χ3n) is 5.82. The second-order valence-corrected chi connectivity index (χ2v) is 8.20. The standard InChI is InChI=1S/C20H26N4O2.C2HF3O2/c1-22-9-3-5-18(22)19(25)24-10-6-20(7-11-24)16-23(12-13-26-20)15-17-4-2-8-21-14-17;3-2(4,5)1(6)7/h2-5,8-9,14H,6-7,10-13,15-16H2,1H3;(H,6,7). The highest BCUT2D eigenvalue weighted by molar-refractivity contribution is 5.92. The number of carbonyl (C=O) groups is 2. The number of likely N-dealkylation sites (tertiary alicyclic amines) is 1. The third-order valence-corrected chi connectivity index (χ3v) is 5.82. The van der Waals surface area contributed by atoms with E-state index < -0.39 is 12.1 Å². The minimum Gasteiger partial charge on any atom is -0.475 e. The Morgan fingerprint density at radius 1 is 1.18 bits per heavy atom. The average Bonchev–Trinajstić information content (AvgIpc) is 3.20. The summed E-state index contributed by atoms with van der Waals surface area (Å²) < 4.78 is 39.8. The maximum absolute atomic E-state index is 12.7. The van der Waals surface area contributed by atoms with Crippen molar-refractivity contribution in [1.29, 1.82) is 0 Å². The van der Waals surface area contributed by atoms with Crippen molar-refractivity contribution in [1.82, 2.24) is 19.4 Å². The predicted molar refractivity (Wildman–Crippen MR) is 112 cm³/mol. The number of halogens is 3. The highest BCUT2D eigenvalue weighted by Gasteiger charge is 2.41. The molecule has 180 valence electrons. The fourth-order valence-electron chi connectivity index (χ4n) is 4.07. The van der Waals surface area contributed by atoms with E-state index in [1.807, 2.05) is 53.3 Å². The van der Waals surface area contributed by atoms with E-state index in [0.717, 1.165) is 57.9 Å². The fraction of sp³-hybridized carbons (Fsp3) is 0.500. The van der Waals surface area contributed by atoms with E-state index >= 15 is 0 Å². The van der Waals surface area contributed by atoms with Gasteiger partial charge in [0.1, 0.15) is 5.69 Å². The van der Waals surface area contributed by atoms with Crippen molar-refractivity contribution in [3.63, 3.8) is 0 Å². The first-order valence-corrected chi connectivity index (χ1v) is 10.6. The molecule has 1 amide bonds. The average molecular weight is 468 g/mol. The largest absolute Gasteiger partial charge is 0.490 e. The van der Waals surface area contributed by atoms with Crippen LogP contribution >= 0.6 is 0 Å². The summed E-state index contributed by atoms with van der Waals surface area (Å²) in [7, 11) is 1.92. The smallest absolute Gasteiger partial charge is 0.475 e. The van der Waals surface area contributed by atoms with Crippen molar-refractivity contribution in [2.75, 3.05) is 32.8 Å². The Hall–Kier alpha value is -2.92. The van der Waals surface area contributed by atoms with Gasteiger partial charge in [0.2, 0.25) is 0 Å². The lowest BCUT2D eigenvalue weighted by Crippen LogP contribution is -2.57. The highest BCUT2D eigenvalue weighted by atomic mass is 19.4. The first-order valence-electron chi connectivity index (χ1n) is 10.6. The Morgan fingerprint density at radius 3 is 2.42 bits per heavy atom. The van der Waals surface area contributed by atoms with Crippen LogP contribution in [0.3, 0.4) is 0 Å². The first-order chi connectivity index (χ1) is 15.6. The van der Waals surface area contributed by atoms with Crippen LogP contribution in [-0.2, 0) is 23.1 Å². The van der Waals surface area contributed by atoms with E-state index in [1.165, 1.54) is 5.56 Å². The molecule has 2 saturated heterocycles. The van der Waals surface area contributed by atoms with Crippen molar-refractivity contribution >= 4 is 11.9 Å². The lowest BCUT2D eigenvalue weighted by molar-refractivity contribution is -0.192. The van der Waals surface area contributed by atoms with Crippen LogP contribution in [0.2, 0.25) is 0 Å². The summed E-state index contributed by atoms with van der Waals surface area (Å²) in [4.78, 5) is 30.2. The van der Waals surface area contributed by atoms with E-state index in [1.54, 1.807) is 0 Å². The van der Waals surface area contributed by atoms with Crippen LogP contribution in [-0.4, -0.2) is 80.9 Å².